The van der Waals surface area contributed by atoms with Crippen molar-refractivity contribution in [2.24, 2.45) is 17.4 Å². The number of hydrogen-bond donors (Lipinski definition) is 3. The van der Waals surface area contributed by atoms with Gasteiger partial charge in [0.05, 0.1) is 5.70 Å². The van der Waals surface area contributed by atoms with Crippen molar-refractivity contribution in [1.29, 1.82) is 0 Å². The average molecular weight is 262 g/mol. The van der Waals surface area contributed by atoms with Gasteiger partial charge in [0.1, 0.15) is 5.66 Å². The van der Waals surface area contributed by atoms with Gasteiger partial charge in [-0.3, -0.25) is 0 Å². The monoisotopic (exact) mass is 262 g/mol. The normalized spacial score (nSPS) is 27.1. The summed E-state index contributed by atoms with van der Waals surface area (Å²) < 4.78 is 23.3. The Bertz CT molecular complexity index is 441. The number of hydrazine groups is 1. The van der Waals surface area contributed by atoms with Gasteiger partial charge in [0.2, 0.25) is 0 Å². The molecule has 17 heavy (non-hydrogen) atoms. The Morgan fingerprint density at radius 2 is 1.76 bits per heavy atom. The lowest BCUT2D eigenvalue weighted by Gasteiger charge is -2.40. The van der Waals surface area contributed by atoms with E-state index in [1.165, 1.54) is 0 Å². The van der Waals surface area contributed by atoms with E-state index < -0.39 is 15.5 Å². The molecule has 0 aromatic rings. The summed E-state index contributed by atoms with van der Waals surface area (Å²) in [5, 5.41) is 1.71. The van der Waals surface area contributed by atoms with Crippen LogP contribution in [0.4, 0.5) is 0 Å². The molecule has 0 fully saturated rings. The summed E-state index contributed by atoms with van der Waals surface area (Å²) in [5.74, 6) is -0.0170. The van der Waals surface area contributed by atoms with Crippen molar-refractivity contribution in [3.63, 3.8) is 0 Å². The molecule has 1 aliphatic heterocycles. The Morgan fingerprint density at radius 3 is 2.00 bits per heavy atom. The van der Waals surface area contributed by atoms with E-state index in [1.54, 1.807) is 5.01 Å². The van der Waals surface area contributed by atoms with Gasteiger partial charge in [0.15, 0.2) is 14.9 Å². The van der Waals surface area contributed by atoms with Crippen LogP contribution in [-0.4, -0.2) is 31.4 Å². The maximum atomic E-state index is 11.6. The zero-order chi connectivity index (χ0) is 13.6. The van der Waals surface area contributed by atoms with Crippen molar-refractivity contribution in [1.82, 2.24) is 10.4 Å². The first-order valence-electron chi connectivity index (χ1n) is 5.58. The van der Waals surface area contributed by atoms with Crippen molar-refractivity contribution in [3.8, 4) is 0 Å². The third kappa shape index (κ3) is 2.14. The van der Waals surface area contributed by atoms with Crippen LogP contribution >= 0.6 is 0 Å². The van der Waals surface area contributed by atoms with Crippen LogP contribution in [0, 0.1) is 5.92 Å². The van der Waals surface area contributed by atoms with E-state index in [0.717, 1.165) is 6.26 Å². The van der Waals surface area contributed by atoms with E-state index >= 15 is 0 Å². The van der Waals surface area contributed by atoms with Crippen molar-refractivity contribution in [2.45, 2.75) is 39.4 Å². The Balaban J connectivity index is 3.37. The first kappa shape index (κ1) is 14.3. The molecule has 1 aliphatic rings. The number of hydrogen-bond acceptors (Lipinski definition) is 6. The minimum atomic E-state index is -3.40. The van der Waals surface area contributed by atoms with Gasteiger partial charge in [-0.25, -0.2) is 8.42 Å². The number of sulfone groups is 1. The van der Waals surface area contributed by atoms with E-state index in [0.29, 0.717) is 0 Å². The van der Waals surface area contributed by atoms with Crippen molar-refractivity contribution >= 4 is 9.84 Å². The minimum Gasteiger partial charge on any atom is -0.397 e. The lowest BCUT2D eigenvalue weighted by Crippen LogP contribution is -2.64. The fourth-order valence-corrected chi connectivity index (χ4v) is 2.83. The molecule has 0 aromatic carbocycles. The van der Waals surface area contributed by atoms with Crippen LogP contribution in [0.3, 0.4) is 0 Å². The molecule has 0 aliphatic carbocycles. The van der Waals surface area contributed by atoms with Gasteiger partial charge in [-0.2, -0.15) is 5.01 Å². The van der Waals surface area contributed by atoms with Gasteiger partial charge in [-0.05, 0) is 19.8 Å². The largest absolute Gasteiger partial charge is 0.397 e. The van der Waals surface area contributed by atoms with Gasteiger partial charge in [-0.1, -0.05) is 13.8 Å². The van der Waals surface area contributed by atoms with Gasteiger partial charge >= 0.3 is 0 Å². The minimum absolute atomic E-state index is 0.0161. The van der Waals surface area contributed by atoms with Crippen LogP contribution in [0.1, 0.15) is 27.7 Å². The van der Waals surface area contributed by atoms with Crippen LogP contribution < -0.4 is 16.9 Å². The summed E-state index contributed by atoms with van der Waals surface area (Å²) in [7, 11) is -3.40. The predicted molar refractivity (Wildman–Crippen MR) is 67.9 cm³/mol. The molecule has 0 radical (unpaired) electrons. The molecule has 0 saturated carbocycles. The second-order valence-electron chi connectivity index (χ2n) is 5.07. The van der Waals surface area contributed by atoms with Crippen LogP contribution in [0.2, 0.25) is 0 Å². The van der Waals surface area contributed by atoms with E-state index in [4.69, 9.17) is 11.5 Å². The molecule has 5 N–H and O–H groups in total. The molecule has 1 rings (SSSR count). The summed E-state index contributed by atoms with van der Waals surface area (Å²) in [5.41, 5.74) is 14.3. The van der Waals surface area contributed by atoms with E-state index in [9.17, 15) is 8.42 Å². The molecule has 0 spiro atoms. The maximum absolute atomic E-state index is 11.6. The first-order chi connectivity index (χ1) is 7.52. The Hall–Kier alpha value is -0.790. The third-order valence-electron chi connectivity index (χ3n) is 3.06. The lowest BCUT2D eigenvalue weighted by molar-refractivity contribution is 0.0354. The fraction of sp³-hybridized carbons (Fsp3) is 0.800. The third-order valence-corrected chi connectivity index (χ3v) is 4.12. The summed E-state index contributed by atoms with van der Waals surface area (Å²) in [6, 6.07) is 0.0280. The summed E-state index contributed by atoms with van der Waals surface area (Å²) in [6.45, 7) is 7.68. The van der Waals surface area contributed by atoms with Crippen LogP contribution in [-0.2, 0) is 9.84 Å². The highest BCUT2D eigenvalue weighted by atomic mass is 32.2. The van der Waals surface area contributed by atoms with Crippen molar-refractivity contribution in [3.05, 3.63) is 10.7 Å². The highest BCUT2D eigenvalue weighted by Gasteiger charge is 2.48. The molecule has 7 heteroatoms. The molecule has 0 bridgehead atoms. The number of rotatable bonds is 3. The zero-order valence-corrected chi connectivity index (χ0v) is 11.8. The second-order valence-corrected chi connectivity index (χ2v) is 7.02. The van der Waals surface area contributed by atoms with E-state index in [-0.39, 0.29) is 22.7 Å². The van der Waals surface area contributed by atoms with Crippen LogP contribution in [0.15, 0.2) is 10.7 Å². The number of nitrogens with zero attached hydrogens (tertiary/aromatic N) is 1. The highest BCUT2D eigenvalue weighted by molar-refractivity contribution is 7.94. The summed E-state index contributed by atoms with van der Waals surface area (Å²) >= 11 is 0. The molecule has 0 amide bonds. The quantitative estimate of drug-likeness (QED) is 0.645. The van der Waals surface area contributed by atoms with Gasteiger partial charge in [0.25, 0.3) is 0 Å². The van der Waals surface area contributed by atoms with Crippen LogP contribution in [0.5, 0.6) is 0 Å². The van der Waals surface area contributed by atoms with E-state index in [1.807, 2.05) is 27.7 Å². The first-order valence-corrected chi connectivity index (χ1v) is 7.47. The zero-order valence-electron chi connectivity index (χ0n) is 11.0. The molecule has 1 atom stereocenters. The van der Waals surface area contributed by atoms with Gasteiger partial charge in [0, 0.05) is 12.3 Å². The second kappa shape index (κ2) is 4.15. The van der Waals surface area contributed by atoms with Crippen molar-refractivity contribution in [2.75, 3.05) is 6.26 Å². The predicted octanol–water partition coefficient (Wildman–Crippen LogP) is -0.302. The van der Waals surface area contributed by atoms with Gasteiger partial charge in [-0.15, -0.1) is 0 Å². The molecular weight excluding hydrogens is 240 g/mol. The molecule has 100 valence electrons. The highest BCUT2D eigenvalue weighted by Crippen LogP contribution is 2.33. The molecular formula is C10H22N4O2S. The van der Waals surface area contributed by atoms with E-state index in [2.05, 4.69) is 5.43 Å². The molecule has 1 unspecified atom stereocenters. The maximum Gasteiger partial charge on any atom is 0.193 e. The van der Waals surface area contributed by atoms with Crippen LogP contribution in [0.25, 0.3) is 0 Å². The average Bonchev–Trinajstić information content (AvgIpc) is 2.40. The topological polar surface area (TPSA) is 101 Å². The Labute approximate surface area is 103 Å². The fourth-order valence-electron chi connectivity index (χ4n) is 2.00. The standard InChI is InChI=1S/C10H22N4O2S/c1-6(2)10(12)8(11)9(17(5,15)16)13-14(10)7(3)4/h6-7,13H,11-12H2,1-5H3. The van der Waals surface area contributed by atoms with Crippen molar-refractivity contribution < 1.29 is 8.42 Å². The Kier molecular flexibility index (Phi) is 3.48. The number of nitrogens with two attached hydrogens (primary N) is 2. The molecule has 6 nitrogen and oxygen atoms in total. The molecule has 0 saturated heterocycles. The molecule has 1 heterocycles. The molecule has 0 aromatic heterocycles. The Morgan fingerprint density at radius 1 is 1.29 bits per heavy atom. The smallest absolute Gasteiger partial charge is 0.193 e. The SMILES string of the molecule is CC(C)N1NC(S(C)(=O)=O)=C(N)C1(N)C(C)C. The van der Waals surface area contributed by atoms with Gasteiger partial charge < -0.3 is 16.9 Å². The lowest BCUT2D eigenvalue weighted by atomic mass is 9.93. The summed E-state index contributed by atoms with van der Waals surface area (Å²) in [4.78, 5) is 0. The number of nitrogens with one attached hydrogen (secondary N) is 1. The summed E-state index contributed by atoms with van der Waals surface area (Å²) in [6.07, 6.45) is 1.12.